The molecule has 1 saturated heterocycles. The van der Waals surface area contributed by atoms with E-state index in [1.54, 1.807) is 11.8 Å². The van der Waals surface area contributed by atoms with Crippen LogP contribution in [0.1, 0.15) is 24.8 Å². The van der Waals surface area contributed by atoms with Crippen molar-refractivity contribution in [2.24, 2.45) is 0 Å². The van der Waals surface area contributed by atoms with Crippen molar-refractivity contribution in [3.63, 3.8) is 0 Å². The van der Waals surface area contributed by atoms with E-state index in [4.69, 9.17) is 4.98 Å². The number of hydrogen-bond donors (Lipinski definition) is 0. The van der Waals surface area contributed by atoms with Gasteiger partial charge in [0.05, 0.1) is 23.3 Å². The fraction of sp³-hybridized carbons (Fsp3) is 0.333. The van der Waals surface area contributed by atoms with Crippen LogP contribution >= 0.6 is 11.8 Å². The molecule has 2 aromatic carbocycles. The number of fused-ring (bicyclic) bond motifs is 1. The highest BCUT2D eigenvalue weighted by Gasteiger charge is 2.18. The molecule has 0 saturated carbocycles. The number of likely N-dealkylation sites (tertiary alicyclic amines) is 1. The zero-order valence-corrected chi connectivity index (χ0v) is 15.6. The van der Waals surface area contributed by atoms with Crippen LogP contribution in [0.25, 0.3) is 11.0 Å². The van der Waals surface area contributed by atoms with Gasteiger partial charge in [0.2, 0.25) is 5.91 Å². The number of rotatable bonds is 5. The Morgan fingerprint density at radius 1 is 0.962 bits per heavy atom. The summed E-state index contributed by atoms with van der Waals surface area (Å²) in [5.41, 5.74) is 3.33. The minimum Gasteiger partial charge on any atom is -0.342 e. The molecule has 3 aromatic rings. The SMILES string of the molecule is O=C(CSc1nc2ccccc2n1Cc1ccccc1)N1CCCCC1. The summed E-state index contributed by atoms with van der Waals surface area (Å²) in [6.07, 6.45) is 3.50. The van der Waals surface area contributed by atoms with E-state index in [1.807, 2.05) is 29.2 Å². The van der Waals surface area contributed by atoms with Crippen molar-refractivity contribution >= 4 is 28.7 Å². The summed E-state index contributed by atoms with van der Waals surface area (Å²) in [7, 11) is 0. The summed E-state index contributed by atoms with van der Waals surface area (Å²) >= 11 is 1.55. The summed E-state index contributed by atoms with van der Waals surface area (Å²) in [5.74, 6) is 0.686. The molecule has 0 bridgehead atoms. The van der Waals surface area contributed by atoms with Crippen molar-refractivity contribution < 1.29 is 4.79 Å². The van der Waals surface area contributed by atoms with Crippen molar-refractivity contribution in [1.82, 2.24) is 14.5 Å². The third kappa shape index (κ3) is 3.78. The zero-order chi connectivity index (χ0) is 17.8. The normalized spacial score (nSPS) is 14.7. The van der Waals surface area contributed by atoms with Crippen molar-refractivity contribution in [3.8, 4) is 0 Å². The van der Waals surface area contributed by atoms with Gasteiger partial charge in [0.15, 0.2) is 5.16 Å². The van der Waals surface area contributed by atoms with Gasteiger partial charge in [0, 0.05) is 13.1 Å². The standard InChI is InChI=1S/C21H23N3OS/c25-20(23-13-7-2-8-14-23)16-26-21-22-18-11-5-6-12-19(18)24(21)15-17-9-3-1-4-10-17/h1,3-6,9-12H,2,7-8,13-16H2. The van der Waals surface area contributed by atoms with E-state index in [0.29, 0.717) is 5.75 Å². The number of imidazole rings is 1. The quantitative estimate of drug-likeness (QED) is 0.636. The van der Waals surface area contributed by atoms with Crippen LogP contribution in [-0.4, -0.2) is 39.2 Å². The lowest BCUT2D eigenvalue weighted by Crippen LogP contribution is -2.36. The third-order valence-electron chi connectivity index (χ3n) is 4.84. The van der Waals surface area contributed by atoms with E-state index in [1.165, 1.54) is 12.0 Å². The summed E-state index contributed by atoms with van der Waals surface area (Å²) in [5, 5.41) is 0.917. The molecule has 1 aliphatic heterocycles. The number of hydrogen-bond acceptors (Lipinski definition) is 3. The molecule has 134 valence electrons. The van der Waals surface area contributed by atoms with Gasteiger partial charge in [0.1, 0.15) is 0 Å². The molecule has 1 fully saturated rings. The van der Waals surface area contributed by atoms with Gasteiger partial charge in [-0.25, -0.2) is 4.98 Å². The second-order valence-corrected chi connectivity index (χ2v) is 7.63. The van der Waals surface area contributed by atoms with E-state index in [0.717, 1.165) is 48.7 Å². The highest BCUT2D eigenvalue weighted by atomic mass is 32.2. The molecule has 1 aromatic heterocycles. The predicted molar refractivity (Wildman–Crippen MR) is 106 cm³/mol. The number of aromatic nitrogens is 2. The van der Waals surface area contributed by atoms with Gasteiger partial charge < -0.3 is 9.47 Å². The van der Waals surface area contributed by atoms with Crippen LogP contribution in [0.15, 0.2) is 59.8 Å². The van der Waals surface area contributed by atoms with Crippen molar-refractivity contribution in [3.05, 3.63) is 60.2 Å². The predicted octanol–water partition coefficient (Wildman–Crippen LogP) is 4.19. The fourth-order valence-electron chi connectivity index (χ4n) is 3.44. The molecule has 5 heteroatoms. The van der Waals surface area contributed by atoms with E-state index in [9.17, 15) is 4.79 Å². The Bertz CT molecular complexity index is 885. The Labute approximate surface area is 158 Å². The average molecular weight is 366 g/mol. The molecule has 4 nitrogen and oxygen atoms in total. The van der Waals surface area contributed by atoms with Gasteiger partial charge in [-0.05, 0) is 37.0 Å². The van der Waals surface area contributed by atoms with Crippen LogP contribution in [0.4, 0.5) is 0 Å². The van der Waals surface area contributed by atoms with E-state index in [2.05, 4.69) is 34.9 Å². The molecule has 0 atom stereocenters. The summed E-state index contributed by atoms with van der Waals surface area (Å²) in [6.45, 7) is 2.57. The maximum absolute atomic E-state index is 12.5. The molecule has 1 aliphatic rings. The number of piperidine rings is 1. The molecule has 1 amide bonds. The van der Waals surface area contributed by atoms with Gasteiger partial charge in [-0.1, -0.05) is 54.2 Å². The van der Waals surface area contributed by atoms with Crippen LogP contribution in [0.5, 0.6) is 0 Å². The molecule has 0 unspecified atom stereocenters. The number of nitrogens with zero attached hydrogens (tertiary/aromatic N) is 3. The first-order chi connectivity index (χ1) is 12.8. The average Bonchev–Trinajstić information content (AvgIpc) is 3.05. The number of amides is 1. The summed E-state index contributed by atoms with van der Waals surface area (Å²) in [4.78, 5) is 19.3. The van der Waals surface area contributed by atoms with Crippen LogP contribution < -0.4 is 0 Å². The Morgan fingerprint density at radius 2 is 1.69 bits per heavy atom. The van der Waals surface area contributed by atoms with Crippen LogP contribution in [0, 0.1) is 0 Å². The van der Waals surface area contributed by atoms with Gasteiger partial charge in [-0.3, -0.25) is 4.79 Å². The molecular formula is C21H23N3OS. The van der Waals surface area contributed by atoms with E-state index < -0.39 is 0 Å². The second kappa shape index (κ2) is 7.96. The summed E-state index contributed by atoms with van der Waals surface area (Å²) < 4.78 is 2.22. The van der Waals surface area contributed by atoms with Crippen LogP contribution in [0.3, 0.4) is 0 Å². The van der Waals surface area contributed by atoms with Crippen molar-refractivity contribution in [2.45, 2.75) is 31.0 Å². The fourth-order valence-corrected chi connectivity index (χ4v) is 4.36. The lowest BCUT2D eigenvalue weighted by Gasteiger charge is -2.26. The molecule has 26 heavy (non-hydrogen) atoms. The monoisotopic (exact) mass is 365 g/mol. The number of carbonyl (C=O) groups is 1. The lowest BCUT2D eigenvalue weighted by molar-refractivity contribution is -0.129. The summed E-state index contributed by atoms with van der Waals surface area (Å²) in [6, 6.07) is 18.6. The Balaban J connectivity index is 1.55. The van der Waals surface area contributed by atoms with E-state index >= 15 is 0 Å². The number of carbonyl (C=O) groups excluding carboxylic acids is 1. The molecule has 0 aliphatic carbocycles. The zero-order valence-electron chi connectivity index (χ0n) is 14.8. The highest BCUT2D eigenvalue weighted by molar-refractivity contribution is 7.99. The molecule has 0 radical (unpaired) electrons. The molecule has 0 spiro atoms. The topological polar surface area (TPSA) is 38.1 Å². The second-order valence-electron chi connectivity index (χ2n) is 6.68. The first-order valence-electron chi connectivity index (χ1n) is 9.21. The molecule has 2 heterocycles. The van der Waals surface area contributed by atoms with Crippen molar-refractivity contribution in [2.75, 3.05) is 18.8 Å². The van der Waals surface area contributed by atoms with Gasteiger partial charge >= 0.3 is 0 Å². The van der Waals surface area contributed by atoms with Crippen LogP contribution in [-0.2, 0) is 11.3 Å². The Hall–Kier alpha value is -2.27. The minimum atomic E-state index is 0.230. The first kappa shape index (κ1) is 17.2. The third-order valence-corrected chi connectivity index (χ3v) is 5.80. The highest BCUT2D eigenvalue weighted by Crippen LogP contribution is 2.26. The maximum atomic E-state index is 12.5. The van der Waals surface area contributed by atoms with Crippen molar-refractivity contribution in [1.29, 1.82) is 0 Å². The number of thioether (sulfide) groups is 1. The van der Waals surface area contributed by atoms with Gasteiger partial charge in [-0.2, -0.15) is 0 Å². The Morgan fingerprint density at radius 3 is 2.50 bits per heavy atom. The molecule has 0 N–H and O–H groups in total. The Kier molecular flexibility index (Phi) is 5.25. The largest absolute Gasteiger partial charge is 0.342 e. The minimum absolute atomic E-state index is 0.230. The van der Waals surface area contributed by atoms with Gasteiger partial charge in [0.25, 0.3) is 0 Å². The molecular weight excluding hydrogens is 342 g/mol. The van der Waals surface area contributed by atoms with E-state index in [-0.39, 0.29) is 5.91 Å². The number of para-hydroxylation sites is 2. The lowest BCUT2D eigenvalue weighted by atomic mass is 10.1. The first-order valence-corrected chi connectivity index (χ1v) is 10.2. The smallest absolute Gasteiger partial charge is 0.233 e. The van der Waals surface area contributed by atoms with Crippen LogP contribution in [0.2, 0.25) is 0 Å². The maximum Gasteiger partial charge on any atom is 0.233 e. The molecule has 4 rings (SSSR count). The number of benzene rings is 2. The van der Waals surface area contributed by atoms with Gasteiger partial charge in [-0.15, -0.1) is 0 Å².